The summed E-state index contributed by atoms with van der Waals surface area (Å²) in [5.74, 6) is -0.166. The molecule has 0 atom stereocenters. The van der Waals surface area contributed by atoms with E-state index in [0.717, 1.165) is 22.4 Å². The van der Waals surface area contributed by atoms with Gasteiger partial charge in [0.05, 0.1) is 0 Å². The van der Waals surface area contributed by atoms with Gasteiger partial charge < -0.3 is 5.32 Å². The van der Waals surface area contributed by atoms with Gasteiger partial charge in [0.15, 0.2) is 0 Å². The molecule has 1 N–H and O–H groups in total. The molecule has 0 aliphatic carbocycles. The minimum absolute atomic E-state index is 0.166. The van der Waals surface area contributed by atoms with E-state index in [9.17, 15) is 4.79 Å². The Labute approximate surface area is 120 Å². The van der Waals surface area contributed by atoms with Crippen LogP contribution in [0, 0.1) is 20.8 Å². The van der Waals surface area contributed by atoms with Crippen molar-refractivity contribution >= 4 is 17.2 Å². The molecule has 0 saturated carbocycles. The standard InChI is InChI=1S/C18H19NO/c1-12-5-8-16(9-6-12)15(4)18(20)19-17-10-7-13(2)11-14(17)3/h5-11H,4H2,1-3H3,(H,19,20). The summed E-state index contributed by atoms with van der Waals surface area (Å²) >= 11 is 0. The Morgan fingerprint density at radius 3 is 2.15 bits per heavy atom. The summed E-state index contributed by atoms with van der Waals surface area (Å²) in [5, 5.41) is 2.91. The smallest absolute Gasteiger partial charge is 0.255 e. The molecule has 0 saturated heterocycles. The zero-order chi connectivity index (χ0) is 14.7. The van der Waals surface area contributed by atoms with Crippen molar-refractivity contribution in [1.29, 1.82) is 0 Å². The van der Waals surface area contributed by atoms with Gasteiger partial charge in [-0.15, -0.1) is 0 Å². The first-order valence-corrected chi connectivity index (χ1v) is 6.62. The normalized spacial score (nSPS) is 10.2. The zero-order valence-electron chi connectivity index (χ0n) is 12.2. The van der Waals surface area contributed by atoms with Crippen LogP contribution in [-0.4, -0.2) is 5.91 Å². The molecule has 0 heterocycles. The average molecular weight is 265 g/mol. The Morgan fingerprint density at radius 2 is 1.55 bits per heavy atom. The first kappa shape index (κ1) is 14.1. The number of rotatable bonds is 3. The van der Waals surface area contributed by atoms with E-state index < -0.39 is 0 Å². The Bertz CT molecular complexity index is 654. The van der Waals surface area contributed by atoms with Crippen LogP contribution in [0.2, 0.25) is 0 Å². The lowest BCUT2D eigenvalue weighted by molar-refractivity contribution is -0.111. The number of benzene rings is 2. The minimum atomic E-state index is -0.166. The number of anilines is 1. The van der Waals surface area contributed by atoms with Crippen LogP contribution in [0.25, 0.3) is 5.57 Å². The first-order valence-electron chi connectivity index (χ1n) is 6.62. The highest BCUT2D eigenvalue weighted by atomic mass is 16.1. The van der Waals surface area contributed by atoms with Crippen molar-refractivity contribution in [2.24, 2.45) is 0 Å². The molecule has 0 aromatic heterocycles. The highest BCUT2D eigenvalue weighted by Gasteiger charge is 2.10. The van der Waals surface area contributed by atoms with E-state index in [0.29, 0.717) is 5.57 Å². The first-order chi connectivity index (χ1) is 9.47. The topological polar surface area (TPSA) is 29.1 Å². The molecule has 0 aliphatic rings. The number of aryl methyl sites for hydroxylation is 3. The van der Waals surface area contributed by atoms with Gasteiger partial charge in [0, 0.05) is 11.3 Å². The third kappa shape index (κ3) is 3.15. The van der Waals surface area contributed by atoms with Gasteiger partial charge in [0.2, 0.25) is 0 Å². The summed E-state index contributed by atoms with van der Waals surface area (Å²) in [4.78, 5) is 12.2. The molecule has 0 spiro atoms. The number of carbonyl (C=O) groups excluding carboxylic acids is 1. The highest BCUT2D eigenvalue weighted by molar-refractivity contribution is 6.24. The van der Waals surface area contributed by atoms with Gasteiger partial charge in [0.25, 0.3) is 5.91 Å². The second-order valence-electron chi connectivity index (χ2n) is 5.12. The summed E-state index contributed by atoms with van der Waals surface area (Å²) in [6, 6.07) is 13.7. The molecule has 2 nitrogen and oxygen atoms in total. The van der Waals surface area contributed by atoms with Gasteiger partial charge in [-0.1, -0.05) is 54.1 Å². The van der Waals surface area contributed by atoms with Crippen molar-refractivity contribution in [3.63, 3.8) is 0 Å². The maximum atomic E-state index is 12.2. The van der Waals surface area contributed by atoms with E-state index in [1.54, 1.807) is 0 Å². The van der Waals surface area contributed by atoms with E-state index in [4.69, 9.17) is 0 Å². The van der Waals surface area contributed by atoms with E-state index in [2.05, 4.69) is 11.9 Å². The summed E-state index contributed by atoms with van der Waals surface area (Å²) < 4.78 is 0. The van der Waals surface area contributed by atoms with Crippen LogP contribution in [0.5, 0.6) is 0 Å². The van der Waals surface area contributed by atoms with Gasteiger partial charge in [-0.25, -0.2) is 0 Å². The molecule has 0 bridgehead atoms. The minimum Gasteiger partial charge on any atom is -0.322 e. The van der Waals surface area contributed by atoms with Gasteiger partial charge in [-0.3, -0.25) is 4.79 Å². The number of hydrogen-bond acceptors (Lipinski definition) is 1. The Hall–Kier alpha value is -2.35. The van der Waals surface area contributed by atoms with Gasteiger partial charge >= 0.3 is 0 Å². The maximum absolute atomic E-state index is 12.2. The monoisotopic (exact) mass is 265 g/mol. The van der Waals surface area contributed by atoms with E-state index >= 15 is 0 Å². The third-order valence-corrected chi connectivity index (χ3v) is 3.30. The Morgan fingerprint density at radius 1 is 0.950 bits per heavy atom. The fraction of sp³-hybridized carbons (Fsp3) is 0.167. The lowest BCUT2D eigenvalue weighted by Gasteiger charge is -2.11. The maximum Gasteiger partial charge on any atom is 0.255 e. The van der Waals surface area contributed by atoms with Crippen molar-refractivity contribution in [1.82, 2.24) is 0 Å². The van der Waals surface area contributed by atoms with Crippen LogP contribution in [0.4, 0.5) is 5.69 Å². The van der Waals surface area contributed by atoms with Crippen molar-refractivity contribution < 1.29 is 4.79 Å². The molecule has 2 aromatic carbocycles. The predicted octanol–water partition coefficient (Wildman–Crippen LogP) is 4.26. The molecule has 2 heteroatoms. The lowest BCUT2D eigenvalue weighted by atomic mass is 10.0. The number of hydrogen-bond donors (Lipinski definition) is 1. The molecule has 0 aliphatic heterocycles. The highest BCUT2D eigenvalue weighted by Crippen LogP contribution is 2.19. The van der Waals surface area contributed by atoms with Crippen molar-refractivity contribution in [2.75, 3.05) is 5.32 Å². The molecule has 102 valence electrons. The predicted molar refractivity (Wildman–Crippen MR) is 84.8 cm³/mol. The molecule has 2 aromatic rings. The molecule has 0 radical (unpaired) electrons. The van der Waals surface area contributed by atoms with Crippen LogP contribution in [0.15, 0.2) is 49.0 Å². The van der Waals surface area contributed by atoms with Crippen LogP contribution in [-0.2, 0) is 4.79 Å². The van der Waals surface area contributed by atoms with Crippen LogP contribution >= 0.6 is 0 Å². The molecule has 0 fully saturated rings. The van der Waals surface area contributed by atoms with Gasteiger partial charge in [-0.2, -0.15) is 0 Å². The quantitative estimate of drug-likeness (QED) is 0.825. The van der Waals surface area contributed by atoms with E-state index in [1.807, 2.05) is 63.2 Å². The largest absolute Gasteiger partial charge is 0.322 e. The van der Waals surface area contributed by atoms with Crippen molar-refractivity contribution in [3.8, 4) is 0 Å². The third-order valence-electron chi connectivity index (χ3n) is 3.30. The van der Waals surface area contributed by atoms with Gasteiger partial charge in [0.1, 0.15) is 0 Å². The fourth-order valence-electron chi connectivity index (χ4n) is 2.04. The second-order valence-corrected chi connectivity index (χ2v) is 5.12. The van der Waals surface area contributed by atoms with Crippen molar-refractivity contribution in [3.05, 3.63) is 71.3 Å². The second kappa shape index (κ2) is 5.74. The average Bonchev–Trinajstić information content (AvgIpc) is 2.42. The summed E-state index contributed by atoms with van der Waals surface area (Å²) in [6.07, 6.45) is 0. The van der Waals surface area contributed by atoms with Crippen LogP contribution < -0.4 is 5.32 Å². The molecular formula is C18H19NO. The Kier molecular flexibility index (Phi) is 4.04. The fourth-order valence-corrected chi connectivity index (χ4v) is 2.04. The molecule has 2 rings (SSSR count). The summed E-state index contributed by atoms with van der Waals surface area (Å²) in [5.41, 5.74) is 5.54. The summed E-state index contributed by atoms with van der Waals surface area (Å²) in [6.45, 7) is 9.92. The lowest BCUT2D eigenvalue weighted by Crippen LogP contribution is -2.13. The molecule has 0 unspecified atom stereocenters. The van der Waals surface area contributed by atoms with Gasteiger partial charge in [-0.05, 0) is 38.0 Å². The number of carbonyl (C=O) groups is 1. The van der Waals surface area contributed by atoms with E-state index in [-0.39, 0.29) is 5.91 Å². The van der Waals surface area contributed by atoms with Crippen LogP contribution in [0.1, 0.15) is 22.3 Å². The summed E-state index contributed by atoms with van der Waals surface area (Å²) in [7, 11) is 0. The Balaban J connectivity index is 2.15. The van der Waals surface area contributed by atoms with Crippen molar-refractivity contribution in [2.45, 2.75) is 20.8 Å². The molecular weight excluding hydrogens is 246 g/mol. The SMILES string of the molecule is C=C(C(=O)Nc1ccc(C)cc1C)c1ccc(C)cc1. The zero-order valence-corrected chi connectivity index (χ0v) is 12.2. The molecule has 20 heavy (non-hydrogen) atoms. The van der Waals surface area contributed by atoms with E-state index in [1.165, 1.54) is 5.56 Å². The number of amides is 1. The van der Waals surface area contributed by atoms with Crippen LogP contribution in [0.3, 0.4) is 0 Å². The number of nitrogens with one attached hydrogen (secondary N) is 1. The molecule has 1 amide bonds.